The monoisotopic (exact) mass is 231 g/mol. The first-order valence-electron chi connectivity index (χ1n) is 4.02. The average Bonchev–Trinajstić information content (AvgIpc) is 2.30. The van der Waals surface area contributed by atoms with Crippen molar-refractivity contribution in [2.45, 2.75) is 26.8 Å². The molecule has 0 fully saturated rings. The van der Waals surface area contributed by atoms with E-state index in [0.29, 0.717) is 17.8 Å². The number of aromatic nitrogens is 2. The largest absolute Gasteiger partial charge is 0.381 e. The van der Waals surface area contributed by atoms with Crippen LogP contribution < -0.4 is 5.73 Å². The lowest BCUT2D eigenvalue weighted by Gasteiger charge is -2.15. The molecular weight excluding hydrogens is 218 g/mol. The van der Waals surface area contributed by atoms with E-state index in [1.54, 1.807) is 0 Å². The Morgan fingerprint density at radius 2 is 2.08 bits per heavy atom. The highest BCUT2D eigenvalue weighted by molar-refractivity contribution is 9.10. The highest BCUT2D eigenvalue weighted by Crippen LogP contribution is 2.22. The van der Waals surface area contributed by atoms with Gasteiger partial charge in [-0.25, -0.2) is 0 Å². The van der Waals surface area contributed by atoms with E-state index in [4.69, 9.17) is 5.73 Å². The second kappa shape index (κ2) is 3.47. The molecule has 1 rings (SSSR count). The molecule has 0 aliphatic rings. The molecule has 3 nitrogen and oxygen atoms in total. The minimum atomic E-state index is 0.388. The fourth-order valence-corrected chi connectivity index (χ4v) is 1.19. The smallest absolute Gasteiger partial charge is 0.159 e. The molecular formula is C8H14BrN3. The fraction of sp³-hybridized carbons (Fsp3) is 0.625. The standard InChI is InChI=1S/C8H14BrN3/c1-5(2)6(3)12-4-7(9)8(10)11-12/h4-6H,1-3H3,(H2,10,11). The van der Waals surface area contributed by atoms with Gasteiger partial charge >= 0.3 is 0 Å². The van der Waals surface area contributed by atoms with Gasteiger partial charge in [0.25, 0.3) is 0 Å². The first-order valence-corrected chi connectivity index (χ1v) is 4.81. The molecule has 0 radical (unpaired) electrons. The van der Waals surface area contributed by atoms with Crippen molar-refractivity contribution in [3.8, 4) is 0 Å². The number of nitrogen functional groups attached to an aromatic ring is 1. The molecule has 1 aromatic heterocycles. The number of nitrogens with two attached hydrogens (primary N) is 1. The van der Waals surface area contributed by atoms with Crippen molar-refractivity contribution in [2.24, 2.45) is 5.92 Å². The van der Waals surface area contributed by atoms with Crippen molar-refractivity contribution in [1.82, 2.24) is 9.78 Å². The second-order valence-electron chi connectivity index (χ2n) is 3.33. The highest BCUT2D eigenvalue weighted by atomic mass is 79.9. The van der Waals surface area contributed by atoms with Gasteiger partial charge in [-0.2, -0.15) is 5.10 Å². The molecule has 0 saturated heterocycles. The topological polar surface area (TPSA) is 43.8 Å². The first kappa shape index (κ1) is 9.58. The Kier molecular flexibility index (Phi) is 2.77. The highest BCUT2D eigenvalue weighted by Gasteiger charge is 2.11. The molecule has 0 aliphatic carbocycles. The van der Waals surface area contributed by atoms with E-state index in [-0.39, 0.29) is 0 Å². The second-order valence-corrected chi connectivity index (χ2v) is 4.18. The third-order valence-corrected chi connectivity index (χ3v) is 2.71. The summed E-state index contributed by atoms with van der Waals surface area (Å²) in [5.41, 5.74) is 5.60. The molecule has 1 aromatic rings. The molecule has 1 unspecified atom stereocenters. The minimum Gasteiger partial charge on any atom is -0.381 e. The van der Waals surface area contributed by atoms with Crippen molar-refractivity contribution >= 4 is 21.7 Å². The van der Waals surface area contributed by atoms with Crippen LogP contribution in [0.4, 0.5) is 5.82 Å². The van der Waals surface area contributed by atoms with Crippen LogP contribution >= 0.6 is 15.9 Å². The quantitative estimate of drug-likeness (QED) is 0.850. The third-order valence-electron chi connectivity index (χ3n) is 2.10. The third kappa shape index (κ3) is 1.80. The van der Waals surface area contributed by atoms with E-state index < -0.39 is 0 Å². The molecule has 2 N–H and O–H groups in total. The maximum absolute atomic E-state index is 5.60. The van der Waals surface area contributed by atoms with E-state index in [1.807, 2.05) is 10.9 Å². The summed E-state index contributed by atoms with van der Waals surface area (Å²) in [6.07, 6.45) is 1.92. The molecule has 12 heavy (non-hydrogen) atoms. The van der Waals surface area contributed by atoms with Crippen LogP contribution in [0.5, 0.6) is 0 Å². The molecule has 4 heteroatoms. The maximum atomic E-state index is 5.60. The number of anilines is 1. The number of rotatable bonds is 2. The van der Waals surface area contributed by atoms with Gasteiger partial charge < -0.3 is 5.73 Å². The Hall–Kier alpha value is -0.510. The van der Waals surface area contributed by atoms with Crippen molar-refractivity contribution < 1.29 is 0 Å². The minimum absolute atomic E-state index is 0.388. The van der Waals surface area contributed by atoms with Crippen LogP contribution in [0, 0.1) is 5.92 Å². The summed E-state index contributed by atoms with van der Waals surface area (Å²) in [6, 6.07) is 0.388. The van der Waals surface area contributed by atoms with Crippen LogP contribution in [-0.2, 0) is 0 Å². The summed E-state index contributed by atoms with van der Waals surface area (Å²) in [4.78, 5) is 0. The number of hydrogen-bond donors (Lipinski definition) is 1. The van der Waals surface area contributed by atoms with Gasteiger partial charge in [-0.1, -0.05) is 13.8 Å². The van der Waals surface area contributed by atoms with Crippen LogP contribution in [0.2, 0.25) is 0 Å². The lowest BCUT2D eigenvalue weighted by atomic mass is 10.1. The zero-order valence-electron chi connectivity index (χ0n) is 7.58. The zero-order chi connectivity index (χ0) is 9.30. The normalized spacial score (nSPS) is 13.8. The zero-order valence-corrected chi connectivity index (χ0v) is 9.17. The Labute approximate surface area is 81.1 Å². The van der Waals surface area contributed by atoms with E-state index in [2.05, 4.69) is 41.8 Å². The molecule has 0 aromatic carbocycles. The van der Waals surface area contributed by atoms with E-state index in [1.165, 1.54) is 0 Å². The van der Waals surface area contributed by atoms with Crippen LogP contribution in [0.3, 0.4) is 0 Å². The summed E-state index contributed by atoms with van der Waals surface area (Å²) in [5, 5.41) is 4.18. The molecule has 0 bridgehead atoms. The average molecular weight is 232 g/mol. The van der Waals surface area contributed by atoms with E-state index in [0.717, 1.165) is 4.47 Å². The predicted octanol–water partition coefficient (Wildman–Crippen LogP) is 2.44. The summed E-state index contributed by atoms with van der Waals surface area (Å²) < 4.78 is 2.76. The maximum Gasteiger partial charge on any atom is 0.159 e. The SMILES string of the molecule is CC(C)C(C)n1cc(Br)c(N)n1. The van der Waals surface area contributed by atoms with Gasteiger partial charge in [0.2, 0.25) is 0 Å². The van der Waals surface area contributed by atoms with Gasteiger partial charge in [0.15, 0.2) is 5.82 Å². The van der Waals surface area contributed by atoms with Crippen LogP contribution in [0.25, 0.3) is 0 Å². The Balaban J connectivity index is 2.89. The summed E-state index contributed by atoms with van der Waals surface area (Å²) >= 11 is 3.33. The van der Waals surface area contributed by atoms with Crippen LogP contribution in [0.1, 0.15) is 26.8 Å². The molecule has 0 aliphatic heterocycles. The molecule has 1 atom stereocenters. The number of halogens is 1. The molecule has 0 saturated carbocycles. The van der Waals surface area contributed by atoms with Gasteiger partial charge in [-0.3, -0.25) is 4.68 Å². The van der Waals surface area contributed by atoms with Crippen LogP contribution in [0.15, 0.2) is 10.7 Å². The van der Waals surface area contributed by atoms with Gasteiger partial charge in [-0.05, 0) is 28.8 Å². The predicted molar refractivity (Wildman–Crippen MR) is 53.9 cm³/mol. The van der Waals surface area contributed by atoms with Crippen molar-refractivity contribution in [3.63, 3.8) is 0 Å². The fourth-order valence-electron chi connectivity index (χ4n) is 0.897. The lowest BCUT2D eigenvalue weighted by molar-refractivity contribution is 0.376. The first-order chi connectivity index (χ1) is 5.52. The van der Waals surface area contributed by atoms with Gasteiger partial charge in [-0.15, -0.1) is 0 Å². The van der Waals surface area contributed by atoms with E-state index >= 15 is 0 Å². The van der Waals surface area contributed by atoms with Crippen molar-refractivity contribution in [3.05, 3.63) is 10.7 Å². The number of hydrogen-bond acceptors (Lipinski definition) is 2. The van der Waals surface area contributed by atoms with Crippen LogP contribution in [-0.4, -0.2) is 9.78 Å². The Morgan fingerprint density at radius 3 is 2.42 bits per heavy atom. The molecule has 0 amide bonds. The Bertz CT molecular complexity index is 248. The molecule has 0 spiro atoms. The molecule has 68 valence electrons. The van der Waals surface area contributed by atoms with Crippen molar-refractivity contribution in [2.75, 3.05) is 5.73 Å². The summed E-state index contributed by atoms with van der Waals surface area (Å²) in [5.74, 6) is 1.12. The Morgan fingerprint density at radius 1 is 1.50 bits per heavy atom. The van der Waals surface area contributed by atoms with Gasteiger partial charge in [0.05, 0.1) is 10.5 Å². The number of nitrogens with zero attached hydrogens (tertiary/aromatic N) is 2. The lowest BCUT2D eigenvalue weighted by Crippen LogP contribution is -2.12. The van der Waals surface area contributed by atoms with Crippen molar-refractivity contribution in [1.29, 1.82) is 0 Å². The summed E-state index contributed by atoms with van der Waals surface area (Å²) in [7, 11) is 0. The van der Waals surface area contributed by atoms with Gasteiger partial charge in [0.1, 0.15) is 0 Å². The van der Waals surface area contributed by atoms with Gasteiger partial charge in [0, 0.05) is 6.20 Å². The summed E-state index contributed by atoms with van der Waals surface area (Å²) in [6.45, 7) is 6.45. The van der Waals surface area contributed by atoms with E-state index in [9.17, 15) is 0 Å². The molecule has 1 heterocycles.